The highest BCUT2D eigenvalue weighted by molar-refractivity contribution is 7.91. The maximum Gasteiger partial charge on any atom is 0.416 e. The van der Waals surface area contributed by atoms with Gasteiger partial charge < -0.3 is 0 Å². The van der Waals surface area contributed by atoms with Crippen molar-refractivity contribution in [2.24, 2.45) is 0 Å². The molecule has 3 nitrogen and oxygen atoms in total. The quantitative estimate of drug-likeness (QED) is 0.607. The van der Waals surface area contributed by atoms with Crippen LogP contribution >= 0.6 is 0 Å². The molecule has 1 fully saturated rings. The van der Waals surface area contributed by atoms with Gasteiger partial charge in [0.2, 0.25) is 0 Å². The van der Waals surface area contributed by atoms with Crippen LogP contribution in [0.5, 0.6) is 0 Å². The van der Waals surface area contributed by atoms with Gasteiger partial charge in [0.25, 0.3) is 0 Å². The molecule has 7 heteroatoms. The average molecular weight is 411 g/mol. The van der Waals surface area contributed by atoms with Crippen molar-refractivity contribution in [2.75, 3.05) is 12.3 Å². The van der Waals surface area contributed by atoms with Crippen LogP contribution in [0.25, 0.3) is 0 Å². The Morgan fingerprint density at radius 2 is 1.75 bits per heavy atom. The Morgan fingerprint density at radius 3 is 2.36 bits per heavy atom. The van der Waals surface area contributed by atoms with Crippen LogP contribution in [0.2, 0.25) is 0 Å². The van der Waals surface area contributed by atoms with Crippen LogP contribution in [-0.2, 0) is 16.0 Å². The Labute approximate surface area is 164 Å². The van der Waals surface area contributed by atoms with Gasteiger partial charge in [0.1, 0.15) is 0 Å². The lowest BCUT2D eigenvalue weighted by Crippen LogP contribution is -2.31. The molecule has 1 saturated carbocycles. The fourth-order valence-corrected chi connectivity index (χ4v) is 4.76. The van der Waals surface area contributed by atoms with Gasteiger partial charge in [-0.15, -0.1) is 0 Å². The number of alkyl halides is 3. The Morgan fingerprint density at radius 1 is 1.07 bits per heavy atom. The van der Waals surface area contributed by atoms with Crippen LogP contribution in [-0.4, -0.2) is 31.7 Å². The zero-order chi connectivity index (χ0) is 20.4. The van der Waals surface area contributed by atoms with Crippen LogP contribution in [0.3, 0.4) is 0 Å². The van der Waals surface area contributed by atoms with Crippen LogP contribution in [0.15, 0.2) is 59.5 Å². The smallest absolute Gasteiger partial charge is 0.294 e. The molecule has 2 aromatic rings. The molecule has 0 bridgehead atoms. The molecule has 1 aliphatic rings. The molecule has 1 unspecified atom stereocenters. The number of halogens is 3. The molecule has 1 atom stereocenters. The number of benzene rings is 2. The van der Waals surface area contributed by atoms with E-state index in [0.29, 0.717) is 29.5 Å². The zero-order valence-electron chi connectivity index (χ0n) is 15.7. The van der Waals surface area contributed by atoms with E-state index in [2.05, 4.69) is 4.90 Å². The highest BCUT2D eigenvalue weighted by atomic mass is 32.2. The topological polar surface area (TPSA) is 37.4 Å². The van der Waals surface area contributed by atoms with Gasteiger partial charge in [-0.2, -0.15) is 13.2 Å². The van der Waals surface area contributed by atoms with Gasteiger partial charge in [-0.05, 0) is 56.0 Å². The lowest BCUT2D eigenvalue weighted by molar-refractivity contribution is -0.137. The highest BCUT2D eigenvalue weighted by Crippen LogP contribution is 2.36. The summed E-state index contributed by atoms with van der Waals surface area (Å²) in [4.78, 5) is 2.44. The predicted octanol–water partition coefficient (Wildman–Crippen LogP) is 5.09. The van der Waals surface area contributed by atoms with E-state index in [0.717, 1.165) is 18.9 Å². The van der Waals surface area contributed by atoms with Crippen molar-refractivity contribution in [1.82, 2.24) is 4.90 Å². The Kier molecular flexibility index (Phi) is 6.15. The maximum absolute atomic E-state index is 13.0. The molecule has 2 aromatic carbocycles. The Balaban J connectivity index is 1.67. The second kappa shape index (κ2) is 8.25. The van der Waals surface area contributed by atoms with Gasteiger partial charge in [0.15, 0.2) is 9.84 Å². The van der Waals surface area contributed by atoms with Crippen molar-refractivity contribution in [3.63, 3.8) is 0 Å². The standard InChI is InChI=1S/C21H24F3NO2S/c1-16(17-7-5-8-18(15-17)21(22,23)24)25(19-11-12-19)13-6-14-28(26,27)20-9-3-2-4-10-20/h2-5,7-10,15-16,19H,6,11-14H2,1H3. The molecule has 0 spiro atoms. The van der Waals surface area contributed by atoms with E-state index >= 15 is 0 Å². The third-order valence-electron chi connectivity index (χ3n) is 5.14. The summed E-state index contributed by atoms with van der Waals surface area (Å²) in [7, 11) is -3.35. The highest BCUT2D eigenvalue weighted by Gasteiger charge is 2.34. The van der Waals surface area contributed by atoms with E-state index in [-0.39, 0.29) is 11.8 Å². The minimum Gasteiger partial charge on any atom is -0.294 e. The van der Waals surface area contributed by atoms with Crippen LogP contribution in [0, 0.1) is 0 Å². The van der Waals surface area contributed by atoms with E-state index in [1.54, 1.807) is 36.4 Å². The second-order valence-corrected chi connectivity index (χ2v) is 9.36. The maximum atomic E-state index is 13.0. The van der Waals surface area contributed by atoms with E-state index in [1.165, 1.54) is 12.1 Å². The lowest BCUT2D eigenvalue weighted by atomic mass is 10.0. The zero-order valence-corrected chi connectivity index (χ0v) is 16.5. The first-order valence-corrected chi connectivity index (χ1v) is 11.0. The third-order valence-corrected chi connectivity index (χ3v) is 6.96. The van der Waals surface area contributed by atoms with Gasteiger partial charge in [-0.25, -0.2) is 8.42 Å². The van der Waals surface area contributed by atoms with Crippen LogP contribution in [0.1, 0.15) is 43.4 Å². The third kappa shape index (κ3) is 5.14. The molecule has 0 saturated heterocycles. The van der Waals surface area contributed by atoms with Gasteiger partial charge in [-0.1, -0.05) is 30.3 Å². The van der Waals surface area contributed by atoms with Crippen molar-refractivity contribution < 1.29 is 21.6 Å². The number of nitrogens with zero attached hydrogens (tertiary/aromatic N) is 1. The first-order chi connectivity index (χ1) is 13.2. The summed E-state index contributed by atoms with van der Waals surface area (Å²) < 4.78 is 64.0. The van der Waals surface area contributed by atoms with Crippen molar-refractivity contribution >= 4 is 9.84 Å². The summed E-state index contributed by atoms with van der Waals surface area (Å²) in [5.41, 5.74) is -0.0492. The van der Waals surface area contributed by atoms with Gasteiger partial charge in [0, 0.05) is 18.6 Å². The van der Waals surface area contributed by atoms with Gasteiger partial charge >= 0.3 is 6.18 Å². The van der Waals surface area contributed by atoms with Crippen molar-refractivity contribution in [3.8, 4) is 0 Å². The van der Waals surface area contributed by atoms with E-state index in [4.69, 9.17) is 0 Å². The molecule has 0 aliphatic heterocycles. The molecule has 0 N–H and O–H groups in total. The number of sulfone groups is 1. The molecule has 28 heavy (non-hydrogen) atoms. The summed E-state index contributed by atoms with van der Waals surface area (Å²) in [6.07, 6.45) is -1.94. The number of hydrogen-bond donors (Lipinski definition) is 0. The van der Waals surface area contributed by atoms with Crippen LogP contribution < -0.4 is 0 Å². The summed E-state index contributed by atoms with van der Waals surface area (Å²) in [6.45, 7) is 2.42. The van der Waals surface area contributed by atoms with E-state index in [1.807, 2.05) is 6.92 Å². The van der Waals surface area contributed by atoms with Crippen molar-refractivity contribution in [1.29, 1.82) is 0 Å². The Hall–Kier alpha value is -1.86. The minimum atomic E-state index is -4.37. The SMILES string of the molecule is CC(c1cccc(C(F)(F)F)c1)N(CCCS(=O)(=O)c1ccccc1)C1CC1. The van der Waals surface area contributed by atoms with Crippen molar-refractivity contribution in [3.05, 3.63) is 65.7 Å². The lowest BCUT2D eigenvalue weighted by Gasteiger charge is -2.30. The minimum absolute atomic E-state index is 0.0234. The van der Waals surface area contributed by atoms with E-state index < -0.39 is 21.6 Å². The molecule has 0 radical (unpaired) electrons. The van der Waals surface area contributed by atoms with Gasteiger partial charge in [-0.3, -0.25) is 4.90 Å². The Bertz CT molecular complexity index is 893. The van der Waals surface area contributed by atoms with Gasteiger partial charge in [0.05, 0.1) is 16.2 Å². The fourth-order valence-electron chi connectivity index (χ4n) is 3.45. The molecule has 0 amide bonds. The summed E-state index contributed by atoms with van der Waals surface area (Å²) in [6, 6.07) is 13.8. The average Bonchev–Trinajstić information content (AvgIpc) is 3.50. The number of hydrogen-bond acceptors (Lipinski definition) is 3. The molecule has 152 valence electrons. The largest absolute Gasteiger partial charge is 0.416 e. The first-order valence-electron chi connectivity index (χ1n) is 9.39. The molecule has 0 aromatic heterocycles. The molecule has 1 aliphatic carbocycles. The second-order valence-electron chi connectivity index (χ2n) is 7.25. The summed E-state index contributed by atoms with van der Waals surface area (Å²) >= 11 is 0. The number of rotatable bonds is 8. The molecular weight excluding hydrogens is 387 g/mol. The monoisotopic (exact) mass is 411 g/mol. The van der Waals surface area contributed by atoms with Crippen LogP contribution in [0.4, 0.5) is 13.2 Å². The fraction of sp³-hybridized carbons (Fsp3) is 0.429. The summed E-state index contributed by atoms with van der Waals surface area (Å²) in [5, 5.41) is 0. The summed E-state index contributed by atoms with van der Waals surface area (Å²) in [5.74, 6) is 0.0234. The first kappa shape index (κ1) is 20.9. The van der Waals surface area contributed by atoms with E-state index in [9.17, 15) is 21.6 Å². The molecular formula is C21H24F3NO2S. The predicted molar refractivity (Wildman–Crippen MR) is 103 cm³/mol. The molecule has 3 rings (SSSR count). The normalized spacial score (nSPS) is 16.3. The van der Waals surface area contributed by atoms with Crippen molar-refractivity contribution in [2.45, 2.75) is 49.3 Å². The molecule has 0 heterocycles.